The molecule has 1 amide bonds. The largest absolute Gasteiger partial charge is 0.342 e. The number of anilines is 1. The highest BCUT2D eigenvalue weighted by atomic mass is 16.2. The van der Waals surface area contributed by atoms with Crippen LogP contribution in [0.5, 0.6) is 0 Å². The van der Waals surface area contributed by atoms with Gasteiger partial charge in [-0.1, -0.05) is 25.7 Å². The predicted octanol–water partition coefficient (Wildman–Crippen LogP) is 4.15. The highest BCUT2D eigenvalue weighted by Gasteiger charge is 2.29. The van der Waals surface area contributed by atoms with Crippen molar-refractivity contribution >= 4 is 11.9 Å². The molecule has 1 saturated carbocycles. The van der Waals surface area contributed by atoms with E-state index in [-0.39, 0.29) is 5.92 Å². The molecule has 2 aromatic heterocycles. The Labute approximate surface area is 191 Å². The van der Waals surface area contributed by atoms with E-state index < -0.39 is 0 Å². The summed E-state index contributed by atoms with van der Waals surface area (Å²) in [5.41, 5.74) is 3.10. The highest BCUT2D eigenvalue weighted by Crippen LogP contribution is 2.34. The van der Waals surface area contributed by atoms with E-state index >= 15 is 0 Å². The highest BCUT2D eigenvalue weighted by molar-refractivity contribution is 5.76. The number of hydrogen-bond acceptors (Lipinski definition) is 5. The van der Waals surface area contributed by atoms with Gasteiger partial charge in [-0.2, -0.15) is 5.10 Å². The monoisotopic (exact) mass is 436 g/mol. The zero-order valence-electron chi connectivity index (χ0n) is 19.4. The average molecular weight is 437 g/mol. The van der Waals surface area contributed by atoms with Crippen molar-refractivity contribution in [3.63, 3.8) is 0 Å². The Balaban J connectivity index is 1.31. The van der Waals surface area contributed by atoms with Gasteiger partial charge in [0.05, 0.1) is 11.4 Å². The molecule has 2 saturated heterocycles. The van der Waals surface area contributed by atoms with E-state index in [1.807, 2.05) is 24.0 Å². The van der Waals surface area contributed by atoms with Crippen molar-refractivity contribution in [1.82, 2.24) is 24.6 Å². The van der Waals surface area contributed by atoms with E-state index in [4.69, 9.17) is 10.1 Å². The quantitative estimate of drug-likeness (QED) is 0.680. The molecule has 0 unspecified atom stereocenters. The molecule has 2 aromatic rings. The first kappa shape index (κ1) is 21.4. The van der Waals surface area contributed by atoms with E-state index in [1.54, 1.807) is 0 Å². The standard InChI is InChI=1S/C25H36N6O/c1-29-18-21(22-12-13-26-25(27-22)30-14-4-5-15-30)24(28-29)20-9-6-16-31(17-20)23(32)11-10-19-7-2-3-8-19/h12-13,18-20H,2-11,14-17H2,1H3/t20-/m0/s1. The maximum atomic E-state index is 13.0. The summed E-state index contributed by atoms with van der Waals surface area (Å²) >= 11 is 0. The zero-order valence-corrected chi connectivity index (χ0v) is 19.4. The molecular formula is C25H36N6O. The summed E-state index contributed by atoms with van der Waals surface area (Å²) in [7, 11) is 1.98. The number of amides is 1. The van der Waals surface area contributed by atoms with Crippen molar-refractivity contribution in [2.75, 3.05) is 31.1 Å². The van der Waals surface area contributed by atoms with Gasteiger partial charge in [-0.05, 0) is 44.1 Å². The van der Waals surface area contributed by atoms with Crippen LogP contribution in [0.4, 0.5) is 5.95 Å². The third kappa shape index (κ3) is 4.66. The average Bonchev–Trinajstić information content (AvgIpc) is 3.60. The fraction of sp³-hybridized carbons (Fsp3) is 0.680. The third-order valence-corrected chi connectivity index (χ3v) is 7.57. The van der Waals surface area contributed by atoms with E-state index in [1.165, 1.54) is 38.5 Å². The van der Waals surface area contributed by atoms with E-state index in [0.29, 0.717) is 12.3 Å². The number of likely N-dealkylation sites (tertiary alicyclic amines) is 1. The normalized spacial score (nSPS) is 22.1. The molecule has 4 heterocycles. The number of aryl methyl sites for hydroxylation is 1. The molecule has 1 aliphatic carbocycles. The molecule has 7 nitrogen and oxygen atoms in total. The summed E-state index contributed by atoms with van der Waals surface area (Å²) in [4.78, 5) is 26.7. The Hall–Kier alpha value is -2.44. The van der Waals surface area contributed by atoms with Crippen LogP contribution in [0.3, 0.4) is 0 Å². The Morgan fingerprint density at radius 2 is 1.88 bits per heavy atom. The van der Waals surface area contributed by atoms with Gasteiger partial charge in [0.25, 0.3) is 0 Å². The second-order valence-corrected chi connectivity index (χ2v) is 9.91. The summed E-state index contributed by atoms with van der Waals surface area (Å²) in [5.74, 6) is 2.18. The van der Waals surface area contributed by atoms with Crippen LogP contribution in [0, 0.1) is 5.92 Å². The van der Waals surface area contributed by atoms with Crippen molar-refractivity contribution in [3.8, 4) is 11.3 Å². The summed E-state index contributed by atoms with van der Waals surface area (Å²) in [6.45, 7) is 3.72. The number of rotatable bonds is 6. The number of nitrogens with zero attached hydrogens (tertiary/aromatic N) is 6. The van der Waals surface area contributed by atoms with E-state index in [2.05, 4.69) is 21.0 Å². The Kier molecular flexibility index (Phi) is 6.42. The number of piperidine rings is 1. The predicted molar refractivity (Wildman–Crippen MR) is 125 cm³/mol. The lowest BCUT2D eigenvalue weighted by Gasteiger charge is -2.32. The van der Waals surface area contributed by atoms with Gasteiger partial charge in [-0.3, -0.25) is 9.48 Å². The lowest BCUT2D eigenvalue weighted by molar-refractivity contribution is -0.132. The molecule has 7 heteroatoms. The molecule has 3 aliphatic rings. The molecule has 1 atom stereocenters. The fourth-order valence-electron chi connectivity index (χ4n) is 5.78. The minimum atomic E-state index is 0.264. The molecule has 2 aliphatic heterocycles. The topological polar surface area (TPSA) is 67.2 Å². The smallest absolute Gasteiger partial charge is 0.225 e. The van der Waals surface area contributed by atoms with Crippen LogP contribution in [0.15, 0.2) is 18.5 Å². The van der Waals surface area contributed by atoms with Gasteiger partial charge in [0.1, 0.15) is 0 Å². The number of hydrogen-bond donors (Lipinski definition) is 0. The zero-order chi connectivity index (χ0) is 21.9. The Bertz CT molecular complexity index is 928. The van der Waals surface area contributed by atoms with Crippen LogP contribution in [-0.4, -0.2) is 56.7 Å². The molecule has 0 aromatic carbocycles. The van der Waals surface area contributed by atoms with Crippen LogP contribution < -0.4 is 4.90 Å². The van der Waals surface area contributed by atoms with Crippen molar-refractivity contribution < 1.29 is 4.79 Å². The SMILES string of the molecule is Cn1cc(-c2ccnc(N3CCCC3)n2)c([C@H]2CCCN(C(=O)CCC3CCCC3)C2)n1. The number of carbonyl (C=O) groups excluding carboxylic acids is 1. The van der Waals surface area contributed by atoms with Crippen molar-refractivity contribution in [2.24, 2.45) is 13.0 Å². The summed E-state index contributed by atoms with van der Waals surface area (Å²) < 4.78 is 1.89. The van der Waals surface area contributed by atoms with Gasteiger partial charge >= 0.3 is 0 Å². The maximum absolute atomic E-state index is 13.0. The molecule has 0 bridgehead atoms. The van der Waals surface area contributed by atoms with E-state index in [9.17, 15) is 4.79 Å². The maximum Gasteiger partial charge on any atom is 0.225 e. The fourth-order valence-corrected chi connectivity index (χ4v) is 5.78. The van der Waals surface area contributed by atoms with Crippen LogP contribution in [0.2, 0.25) is 0 Å². The van der Waals surface area contributed by atoms with Crippen LogP contribution >= 0.6 is 0 Å². The molecule has 0 radical (unpaired) electrons. The van der Waals surface area contributed by atoms with E-state index in [0.717, 1.165) is 74.3 Å². The summed E-state index contributed by atoms with van der Waals surface area (Å²) in [5, 5.41) is 4.85. The van der Waals surface area contributed by atoms with Gasteiger partial charge in [-0.15, -0.1) is 0 Å². The number of aromatic nitrogens is 4. The molecule has 5 rings (SSSR count). The van der Waals surface area contributed by atoms with Gasteiger partial charge in [0.15, 0.2) is 0 Å². The van der Waals surface area contributed by atoms with Crippen molar-refractivity contribution in [1.29, 1.82) is 0 Å². The lowest BCUT2D eigenvalue weighted by Crippen LogP contribution is -2.39. The first-order valence-corrected chi connectivity index (χ1v) is 12.6. The molecule has 172 valence electrons. The summed E-state index contributed by atoms with van der Waals surface area (Å²) in [6.07, 6.45) is 15.5. The minimum absolute atomic E-state index is 0.264. The van der Waals surface area contributed by atoms with Crippen molar-refractivity contribution in [2.45, 2.75) is 70.1 Å². The number of carbonyl (C=O) groups is 1. The summed E-state index contributed by atoms with van der Waals surface area (Å²) in [6, 6.07) is 1.99. The second-order valence-electron chi connectivity index (χ2n) is 9.91. The van der Waals surface area contributed by atoms with Gasteiger partial charge in [-0.25, -0.2) is 9.97 Å². The van der Waals surface area contributed by atoms with Crippen LogP contribution in [0.1, 0.15) is 75.8 Å². The van der Waals surface area contributed by atoms with Gasteiger partial charge in [0, 0.05) is 63.5 Å². The minimum Gasteiger partial charge on any atom is -0.342 e. The lowest BCUT2D eigenvalue weighted by atomic mass is 9.91. The first-order valence-electron chi connectivity index (χ1n) is 12.6. The third-order valence-electron chi connectivity index (χ3n) is 7.57. The van der Waals surface area contributed by atoms with Gasteiger partial charge < -0.3 is 9.80 Å². The Morgan fingerprint density at radius 1 is 1.06 bits per heavy atom. The molecule has 0 spiro atoms. The van der Waals surface area contributed by atoms with Crippen LogP contribution in [0.25, 0.3) is 11.3 Å². The van der Waals surface area contributed by atoms with Gasteiger partial charge in [0.2, 0.25) is 11.9 Å². The van der Waals surface area contributed by atoms with Crippen LogP contribution in [-0.2, 0) is 11.8 Å². The first-order chi connectivity index (χ1) is 15.7. The molecule has 32 heavy (non-hydrogen) atoms. The molecule has 3 fully saturated rings. The molecular weight excluding hydrogens is 400 g/mol. The Morgan fingerprint density at radius 3 is 2.69 bits per heavy atom. The molecule has 0 N–H and O–H groups in total. The second kappa shape index (κ2) is 9.59. The van der Waals surface area contributed by atoms with Crippen molar-refractivity contribution in [3.05, 3.63) is 24.2 Å².